The van der Waals surface area contributed by atoms with E-state index < -0.39 is 15.8 Å². The second-order valence-corrected chi connectivity index (χ2v) is 9.53. The second-order valence-electron chi connectivity index (χ2n) is 7.22. The van der Waals surface area contributed by atoms with Gasteiger partial charge in [-0.15, -0.1) is 0 Å². The van der Waals surface area contributed by atoms with Crippen LogP contribution in [0.1, 0.15) is 10.4 Å². The largest absolute Gasteiger partial charge is 0.396 e. The molecule has 8 nitrogen and oxygen atoms in total. The first-order chi connectivity index (χ1) is 14.5. The molecule has 1 aromatic heterocycles. The number of sulfonamides is 1. The van der Waals surface area contributed by atoms with Gasteiger partial charge in [-0.1, -0.05) is 17.7 Å². The maximum atomic E-state index is 12.7. The van der Waals surface area contributed by atoms with Gasteiger partial charge in [0.2, 0.25) is 0 Å². The van der Waals surface area contributed by atoms with Gasteiger partial charge in [0.05, 0.1) is 16.3 Å². The third-order valence-electron chi connectivity index (χ3n) is 4.96. The van der Waals surface area contributed by atoms with Gasteiger partial charge in [-0.2, -0.15) is 13.1 Å². The monoisotopic (exact) mass is 473 g/mol. The number of carbonyl (C=O) groups excluding carboxylic acids is 1. The molecule has 3 rings (SSSR count). The Bertz CT molecular complexity index is 1090. The fourth-order valence-corrected chi connectivity index (χ4v) is 4.43. The summed E-state index contributed by atoms with van der Waals surface area (Å²) in [6, 6.07) is 6.73. The highest BCUT2D eigenvalue weighted by molar-refractivity contribution is 7.89. The molecule has 1 saturated heterocycles. The van der Waals surface area contributed by atoms with E-state index in [0.717, 1.165) is 9.87 Å². The Morgan fingerprint density at radius 2 is 1.81 bits per heavy atom. The number of benzene rings is 1. The Kier molecular flexibility index (Phi) is 6.68. The summed E-state index contributed by atoms with van der Waals surface area (Å²) < 4.78 is 49.4. The molecule has 31 heavy (non-hydrogen) atoms. The molecule has 168 valence electrons. The predicted octanol–water partition coefficient (Wildman–Crippen LogP) is 2.36. The highest BCUT2D eigenvalue weighted by atomic mass is 35.5. The number of alkyl halides is 2. The lowest BCUT2D eigenvalue weighted by Gasteiger charge is -2.34. The van der Waals surface area contributed by atoms with Crippen LogP contribution in [0.4, 0.5) is 20.3 Å². The summed E-state index contributed by atoms with van der Waals surface area (Å²) in [6.45, 7) is 0.227. The zero-order valence-corrected chi connectivity index (χ0v) is 18.5. The molecule has 1 amide bonds. The Morgan fingerprint density at radius 1 is 1.16 bits per heavy atom. The molecule has 0 aliphatic carbocycles. The molecule has 0 radical (unpaired) electrons. The smallest absolute Gasteiger partial charge is 0.350 e. The molecular weight excluding hydrogens is 452 g/mol. The van der Waals surface area contributed by atoms with E-state index in [1.807, 2.05) is 0 Å². The fraction of sp³-hybridized carbons (Fsp3) is 0.368. The Morgan fingerprint density at radius 3 is 2.32 bits per heavy atom. The highest BCUT2D eigenvalue weighted by Gasteiger charge is 2.34. The minimum atomic E-state index is -4.60. The van der Waals surface area contributed by atoms with Crippen LogP contribution in [-0.4, -0.2) is 74.5 Å². The maximum Gasteiger partial charge on any atom is 0.350 e. The molecule has 1 fully saturated rings. The molecule has 1 aliphatic heterocycles. The molecule has 0 bridgehead atoms. The molecule has 2 N–H and O–H groups in total. The summed E-state index contributed by atoms with van der Waals surface area (Å²) in [7, 11) is -1.32. The first kappa shape index (κ1) is 23.2. The summed E-state index contributed by atoms with van der Waals surface area (Å²) >= 11 is 6.27. The summed E-state index contributed by atoms with van der Waals surface area (Å²) in [5.41, 5.74) is 8.30. The lowest BCUT2D eigenvalue weighted by Crippen LogP contribution is -2.50. The second kappa shape index (κ2) is 8.93. The van der Waals surface area contributed by atoms with Crippen molar-refractivity contribution in [2.24, 2.45) is 0 Å². The van der Waals surface area contributed by atoms with E-state index in [9.17, 15) is 22.0 Å². The quantitative estimate of drug-likeness (QED) is 0.715. The van der Waals surface area contributed by atoms with Crippen LogP contribution in [0, 0.1) is 0 Å². The third-order valence-corrected chi connectivity index (χ3v) is 6.81. The van der Waals surface area contributed by atoms with Crippen molar-refractivity contribution in [3.05, 3.63) is 41.0 Å². The third kappa shape index (κ3) is 4.73. The van der Waals surface area contributed by atoms with Crippen LogP contribution in [-0.2, 0) is 10.0 Å². The summed E-state index contributed by atoms with van der Waals surface area (Å²) in [5.74, 6) is -3.20. The van der Waals surface area contributed by atoms with Crippen molar-refractivity contribution in [2.45, 2.75) is 5.76 Å². The number of amides is 1. The lowest BCUT2D eigenvalue weighted by molar-refractivity contribution is 0.0828. The van der Waals surface area contributed by atoms with Gasteiger partial charge in [0.1, 0.15) is 0 Å². The Balaban J connectivity index is 1.77. The number of carbonyl (C=O) groups is 1. The molecule has 0 spiro atoms. The molecular formula is C19H22ClF2N5O3S. The van der Waals surface area contributed by atoms with Crippen LogP contribution in [0.25, 0.3) is 11.1 Å². The van der Waals surface area contributed by atoms with Crippen LogP contribution in [0.15, 0.2) is 30.5 Å². The van der Waals surface area contributed by atoms with Gasteiger partial charge in [0.15, 0.2) is 5.82 Å². The van der Waals surface area contributed by atoms with Gasteiger partial charge < -0.3 is 15.5 Å². The van der Waals surface area contributed by atoms with Gasteiger partial charge in [0.25, 0.3) is 15.9 Å². The molecule has 2 heterocycles. The van der Waals surface area contributed by atoms with Gasteiger partial charge >= 0.3 is 5.76 Å². The number of hydrogen-bond acceptors (Lipinski definition) is 6. The van der Waals surface area contributed by atoms with Gasteiger partial charge in [-0.25, -0.2) is 13.4 Å². The first-order valence-electron chi connectivity index (χ1n) is 9.31. The zero-order chi connectivity index (χ0) is 22.9. The van der Waals surface area contributed by atoms with E-state index in [-0.39, 0.29) is 32.1 Å². The number of pyridine rings is 1. The fourth-order valence-electron chi connectivity index (χ4n) is 3.27. The number of rotatable bonds is 5. The number of nitrogens with two attached hydrogens (primary N) is 1. The molecule has 0 unspecified atom stereocenters. The molecule has 1 aliphatic rings. The van der Waals surface area contributed by atoms with E-state index in [1.54, 1.807) is 49.5 Å². The SMILES string of the molecule is CN(C)C(=O)c1ccc(-c2cnc(N3CCN(S(=O)(=O)C(F)F)CC3)c(N)c2)cc1Cl. The summed E-state index contributed by atoms with van der Waals surface area (Å²) in [5, 5.41) is 0.301. The van der Waals surface area contributed by atoms with E-state index in [1.165, 1.54) is 4.90 Å². The predicted molar refractivity (Wildman–Crippen MR) is 116 cm³/mol. The molecule has 0 saturated carbocycles. The van der Waals surface area contributed by atoms with Gasteiger partial charge in [-0.05, 0) is 23.8 Å². The molecule has 0 atom stereocenters. The van der Waals surface area contributed by atoms with Crippen LogP contribution in [0.3, 0.4) is 0 Å². The van der Waals surface area contributed by atoms with Crippen molar-refractivity contribution in [3.63, 3.8) is 0 Å². The maximum absolute atomic E-state index is 12.7. The van der Waals surface area contributed by atoms with Crippen LogP contribution in [0.5, 0.6) is 0 Å². The first-order valence-corrected chi connectivity index (χ1v) is 11.2. The van der Waals surface area contributed by atoms with Crippen LogP contribution < -0.4 is 10.6 Å². The lowest BCUT2D eigenvalue weighted by atomic mass is 10.0. The average molecular weight is 474 g/mol. The van der Waals surface area contributed by atoms with Gasteiger partial charge in [-0.3, -0.25) is 4.79 Å². The van der Waals surface area contributed by atoms with E-state index in [0.29, 0.717) is 27.7 Å². The number of aromatic nitrogens is 1. The average Bonchev–Trinajstić information content (AvgIpc) is 2.73. The number of nitrogen functional groups attached to an aromatic ring is 1. The van der Waals surface area contributed by atoms with E-state index >= 15 is 0 Å². The van der Waals surface area contributed by atoms with Crippen LogP contribution >= 0.6 is 11.6 Å². The van der Waals surface area contributed by atoms with Crippen LogP contribution in [0.2, 0.25) is 5.02 Å². The van der Waals surface area contributed by atoms with Crippen molar-refractivity contribution in [1.29, 1.82) is 0 Å². The van der Waals surface area contributed by atoms with E-state index in [4.69, 9.17) is 17.3 Å². The van der Waals surface area contributed by atoms with Crippen molar-refractivity contribution >= 4 is 39.0 Å². The summed E-state index contributed by atoms with van der Waals surface area (Å²) in [6.07, 6.45) is 1.59. The molecule has 1 aromatic carbocycles. The Labute approximate surface area is 184 Å². The highest BCUT2D eigenvalue weighted by Crippen LogP contribution is 2.31. The van der Waals surface area contributed by atoms with Crippen molar-refractivity contribution in [3.8, 4) is 11.1 Å². The topological polar surface area (TPSA) is 99.8 Å². The minimum Gasteiger partial charge on any atom is -0.396 e. The number of hydrogen-bond donors (Lipinski definition) is 1. The minimum absolute atomic E-state index is 0.0769. The van der Waals surface area contributed by atoms with Crippen molar-refractivity contribution in [1.82, 2.24) is 14.2 Å². The summed E-state index contributed by atoms with van der Waals surface area (Å²) in [4.78, 5) is 19.7. The zero-order valence-electron chi connectivity index (χ0n) is 16.9. The Hall–Kier alpha value is -2.50. The van der Waals surface area contributed by atoms with Gasteiger partial charge in [0, 0.05) is 52.0 Å². The standard InChI is InChI=1S/C19H22ClF2N5O3S/c1-25(2)18(28)14-4-3-12(9-15(14)20)13-10-16(23)17(24-11-13)26-5-7-27(8-6-26)31(29,30)19(21)22/h3-4,9-11,19H,5-8,23H2,1-2H3. The van der Waals surface area contributed by atoms with E-state index in [2.05, 4.69) is 4.98 Å². The number of halogens is 3. The van der Waals surface area contributed by atoms with Crippen molar-refractivity contribution in [2.75, 3.05) is 50.9 Å². The number of piperazine rings is 1. The molecule has 2 aromatic rings. The number of nitrogens with zero attached hydrogens (tertiary/aromatic N) is 4. The van der Waals surface area contributed by atoms with Crippen molar-refractivity contribution < 1.29 is 22.0 Å². The number of anilines is 2. The molecule has 12 heteroatoms. The normalized spacial score (nSPS) is 15.4.